The van der Waals surface area contributed by atoms with Gasteiger partial charge in [-0.2, -0.15) is 4.98 Å². The molecule has 0 saturated heterocycles. The number of aromatic amines is 1. The van der Waals surface area contributed by atoms with Crippen LogP contribution in [0.3, 0.4) is 0 Å². The summed E-state index contributed by atoms with van der Waals surface area (Å²) in [5, 5.41) is 2.46. The highest BCUT2D eigenvalue weighted by Gasteiger charge is 2.04. The lowest BCUT2D eigenvalue weighted by Gasteiger charge is -1.98. The molecule has 78 valence electrons. The molecular weight excluding hydrogens is 222 g/mol. The fourth-order valence-electron chi connectivity index (χ4n) is 1.24. The minimum Gasteiger partial charge on any atom is -0.348 e. The minimum absolute atomic E-state index is 0.0712. The molecular formula is C9H6F2N2OS. The van der Waals surface area contributed by atoms with Crippen LogP contribution >= 0.6 is 12.2 Å². The van der Waals surface area contributed by atoms with Crippen LogP contribution in [0.5, 0.6) is 0 Å². The van der Waals surface area contributed by atoms with Gasteiger partial charge in [-0.15, -0.1) is 0 Å². The third-order valence-electron chi connectivity index (χ3n) is 1.78. The number of nitrogens with zero attached hydrogens (tertiary/aromatic N) is 1. The van der Waals surface area contributed by atoms with E-state index < -0.39 is 11.6 Å². The van der Waals surface area contributed by atoms with Gasteiger partial charge in [0, 0.05) is 12.5 Å². The molecule has 0 radical (unpaired) electrons. The second-order valence-corrected chi connectivity index (χ2v) is 3.33. The smallest absolute Gasteiger partial charge is 0.314 e. The van der Waals surface area contributed by atoms with Crippen LogP contribution in [0.2, 0.25) is 0 Å². The first-order valence-corrected chi connectivity index (χ1v) is 4.53. The summed E-state index contributed by atoms with van der Waals surface area (Å²) in [6.45, 7) is 0. The normalized spacial score (nSPS) is 10.5. The number of halogens is 2. The van der Waals surface area contributed by atoms with Gasteiger partial charge in [0.1, 0.15) is 17.5 Å². The fraction of sp³-hybridized carbons (Fsp3) is 0.111. The number of H-pyrrole nitrogens is 1. The molecule has 0 saturated carbocycles. The summed E-state index contributed by atoms with van der Waals surface area (Å²) < 4.78 is 30.3. The van der Waals surface area contributed by atoms with E-state index in [9.17, 15) is 8.78 Å². The number of aromatic nitrogens is 2. The molecule has 6 heteroatoms. The van der Waals surface area contributed by atoms with Crippen molar-refractivity contribution in [3.05, 3.63) is 46.1 Å². The van der Waals surface area contributed by atoms with E-state index in [4.69, 9.17) is 0 Å². The van der Waals surface area contributed by atoms with E-state index in [0.29, 0.717) is 11.4 Å². The van der Waals surface area contributed by atoms with E-state index in [2.05, 4.69) is 26.9 Å². The van der Waals surface area contributed by atoms with Crippen molar-refractivity contribution < 1.29 is 13.3 Å². The number of rotatable bonds is 2. The zero-order chi connectivity index (χ0) is 10.8. The first-order valence-electron chi connectivity index (χ1n) is 4.13. The maximum absolute atomic E-state index is 12.8. The standard InChI is InChI=1S/C9H6F2N2OS/c10-6-1-5(2-7(11)4-6)3-8-12-9(15)14-13-8/h1-2,4H,3H2,(H,12,13,15). The van der Waals surface area contributed by atoms with Crippen molar-refractivity contribution >= 4 is 12.2 Å². The van der Waals surface area contributed by atoms with Gasteiger partial charge in [0.05, 0.1) is 0 Å². The van der Waals surface area contributed by atoms with Crippen LogP contribution in [-0.4, -0.2) is 10.1 Å². The van der Waals surface area contributed by atoms with Crippen LogP contribution in [0.4, 0.5) is 8.78 Å². The molecule has 0 aliphatic carbocycles. The molecule has 0 spiro atoms. The average Bonchev–Trinajstić information content (AvgIpc) is 2.49. The van der Waals surface area contributed by atoms with E-state index in [1.54, 1.807) is 0 Å². The molecule has 2 aromatic rings. The van der Waals surface area contributed by atoms with E-state index in [1.807, 2.05) is 0 Å². The first kappa shape index (κ1) is 9.97. The van der Waals surface area contributed by atoms with Gasteiger partial charge in [-0.3, -0.25) is 0 Å². The van der Waals surface area contributed by atoms with Crippen molar-refractivity contribution in [1.29, 1.82) is 0 Å². The molecule has 1 N–H and O–H groups in total. The topological polar surface area (TPSA) is 41.8 Å². The molecule has 2 rings (SSSR count). The van der Waals surface area contributed by atoms with Gasteiger partial charge in [0.25, 0.3) is 0 Å². The molecule has 1 aromatic carbocycles. The second kappa shape index (κ2) is 3.90. The molecule has 0 aliphatic heterocycles. The summed E-state index contributed by atoms with van der Waals surface area (Å²) in [6.07, 6.45) is 0.245. The van der Waals surface area contributed by atoms with Crippen molar-refractivity contribution in [1.82, 2.24) is 10.1 Å². The number of hydrogen-bond donors (Lipinski definition) is 1. The number of hydrogen-bond acceptors (Lipinski definition) is 3. The first-order chi connectivity index (χ1) is 7.13. The van der Waals surface area contributed by atoms with Gasteiger partial charge < -0.3 is 4.52 Å². The Kier molecular flexibility index (Phi) is 2.59. The molecule has 15 heavy (non-hydrogen) atoms. The Labute approximate surface area is 88.7 Å². The Balaban J connectivity index is 2.27. The van der Waals surface area contributed by atoms with Crippen molar-refractivity contribution in [2.75, 3.05) is 0 Å². The zero-order valence-corrected chi connectivity index (χ0v) is 8.28. The summed E-state index contributed by atoms with van der Waals surface area (Å²) in [7, 11) is 0. The summed E-state index contributed by atoms with van der Waals surface area (Å²) in [6, 6.07) is 3.28. The molecule has 1 heterocycles. The van der Waals surface area contributed by atoms with Crippen LogP contribution in [0, 0.1) is 16.5 Å². The monoisotopic (exact) mass is 228 g/mol. The quantitative estimate of drug-likeness (QED) is 0.803. The average molecular weight is 228 g/mol. The van der Waals surface area contributed by atoms with Crippen molar-refractivity contribution in [2.45, 2.75) is 6.42 Å². The molecule has 0 aliphatic rings. The Bertz CT molecular complexity index is 515. The van der Waals surface area contributed by atoms with Crippen LogP contribution < -0.4 is 0 Å². The van der Waals surface area contributed by atoms with Crippen LogP contribution in [0.1, 0.15) is 11.4 Å². The third kappa shape index (κ3) is 2.47. The molecule has 0 amide bonds. The lowest BCUT2D eigenvalue weighted by atomic mass is 10.1. The Hall–Kier alpha value is -1.56. The summed E-state index contributed by atoms with van der Waals surface area (Å²) in [5.41, 5.74) is 0.465. The lowest BCUT2D eigenvalue weighted by molar-refractivity contribution is 0.399. The highest BCUT2D eigenvalue weighted by atomic mass is 32.1. The minimum atomic E-state index is -0.618. The highest BCUT2D eigenvalue weighted by Crippen LogP contribution is 2.10. The number of nitrogens with one attached hydrogen (secondary N) is 1. The van der Waals surface area contributed by atoms with E-state index in [1.165, 1.54) is 12.1 Å². The predicted octanol–water partition coefficient (Wildman–Crippen LogP) is 2.60. The summed E-state index contributed by atoms with van der Waals surface area (Å²) >= 11 is 4.64. The molecule has 0 unspecified atom stereocenters. The third-order valence-corrected chi connectivity index (χ3v) is 1.95. The van der Waals surface area contributed by atoms with Gasteiger partial charge in [-0.25, -0.2) is 13.9 Å². The summed E-state index contributed by atoms with van der Waals surface area (Å²) in [5.74, 6) is -0.802. The van der Waals surface area contributed by atoms with Gasteiger partial charge in [0.15, 0.2) is 0 Å². The van der Waals surface area contributed by atoms with Crippen molar-refractivity contribution in [3.8, 4) is 0 Å². The molecule has 0 bridgehead atoms. The molecule has 3 nitrogen and oxygen atoms in total. The van der Waals surface area contributed by atoms with Crippen molar-refractivity contribution in [3.63, 3.8) is 0 Å². The van der Waals surface area contributed by atoms with Gasteiger partial charge in [-0.05, 0) is 29.9 Å². The zero-order valence-electron chi connectivity index (χ0n) is 7.46. The van der Waals surface area contributed by atoms with Crippen LogP contribution in [-0.2, 0) is 6.42 Å². The molecule has 1 aromatic heterocycles. The number of benzene rings is 1. The maximum atomic E-state index is 12.8. The fourth-order valence-corrected chi connectivity index (χ4v) is 1.39. The van der Waals surface area contributed by atoms with E-state index >= 15 is 0 Å². The Morgan fingerprint density at radius 2 is 1.93 bits per heavy atom. The Morgan fingerprint density at radius 1 is 1.27 bits per heavy atom. The second-order valence-electron chi connectivity index (χ2n) is 2.98. The largest absolute Gasteiger partial charge is 0.348 e. The summed E-state index contributed by atoms with van der Waals surface area (Å²) in [4.78, 5) is 3.88. The van der Waals surface area contributed by atoms with Crippen LogP contribution in [0.15, 0.2) is 22.7 Å². The van der Waals surface area contributed by atoms with Gasteiger partial charge >= 0.3 is 4.84 Å². The van der Waals surface area contributed by atoms with Gasteiger partial charge in [0.2, 0.25) is 0 Å². The highest BCUT2D eigenvalue weighted by molar-refractivity contribution is 7.71. The molecule has 0 fully saturated rings. The van der Waals surface area contributed by atoms with Crippen LogP contribution in [0.25, 0.3) is 0 Å². The van der Waals surface area contributed by atoms with E-state index in [0.717, 1.165) is 6.07 Å². The van der Waals surface area contributed by atoms with Crippen molar-refractivity contribution in [2.24, 2.45) is 0 Å². The Morgan fingerprint density at radius 3 is 2.47 bits per heavy atom. The SMILES string of the molecule is Fc1cc(F)cc(Cc2nc(=S)o[nH]2)c1. The maximum Gasteiger partial charge on any atom is 0.314 e. The van der Waals surface area contributed by atoms with E-state index in [-0.39, 0.29) is 11.3 Å². The molecule has 0 atom stereocenters. The van der Waals surface area contributed by atoms with Gasteiger partial charge in [-0.1, -0.05) is 0 Å². The lowest BCUT2D eigenvalue weighted by Crippen LogP contribution is -1.93. The predicted molar refractivity (Wildman–Crippen MR) is 50.9 cm³/mol.